The van der Waals surface area contributed by atoms with Crippen LogP contribution in [0.3, 0.4) is 0 Å². The Labute approximate surface area is 213 Å². The molecule has 12 heteroatoms. The number of benzene rings is 1. The molecule has 4 fully saturated rings. The van der Waals surface area contributed by atoms with Gasteiger partial charge in [-0.05, 0) is 67.1 Å². The van der Waals surface area contributed by atoms with Gasteiger partial charge in [0.05, 0.1) is 34.8 Å². The fraction of sp³-hybridized carbons (Fsp3) is 0.647. The molecule has 0 aromatic heterocycles. The first kappa shape index (κ1) is 24.0. The lowest BCUT2D eigenvalue weighted by Crippen LogP contribution is -2.57. The second-order valence-corrected chi connectivity index (χ2v) is 17.3. The predicted octanol–water partition coefficient (Wildman–Crippen LogP) is 9.17. The average molecular weight is 596 g/mol. The molecule has 162 valence electrons. The zero-order valence-corrected chi connectivity index (χ0v) is 22.4. The normalized spacial score (nSPS) is 31.5. The molecule has 0 aliphatic heterocycles. The Morgan fingerprint density at radius 3 is 1.55 bits per heavy atom. The third kappa shape index (κ3) is 3.94. The highest BCUT2D eigenvalue weighted by molar-refractivity contribution is 8.79. The molecular weight excluding hydrogens is 581 g/mol. The van der Waals surface area contributed by atoms with Crippen molar-refractivity contribution in [3.05, 3.63) is 25.1 Å². The molecule has 4 aliphatic rings. The van der Waals surface area contributed by atoms with Gasteiger partial charge in [-0.15, -0.1) is 0 Å². The molecule has 0 saturated heterocycles. The monoisotopic (exact) mass is 592 g/mol. The van der Waals surface area contributed by atoms with E-state index in [1.807, 2.05) is 0 Å². The Hall–Kier alpha value is 1.90. The Bertz CT molecular complexity index is 900. The van der Waals surface area contributed by atoms with Crippen LogP contribution in [0.1, 0.15) is 38.5 Å². The molecule has 5 rings (SSSR count). The van der Waals surface area contributed by atoms with E-state index < -0.39 is 17.6 Å². The zero-order chi connectivity index (χ0) is 21.4. The van der Waals surface area contributed by atoms with Gasteiger partial charge in [0.25, 0.3) is 3.00 Å². The van der Waals surface area contributed by atoms with Crippen LogP contribution in [0.15, 0.2) is 4.90 Å². The first-order valence-corrected chi connectivity index (χ1v) is 15.2. The van der Waals surface area contributed by atoms with E-state index in [2.05, 4.69) is 0 Å². The smallest absolute Gasteiger partial charge is 0.224 e. The molecule has 0 radical (unpaired) electrons. The quantitative estimate of drug-likeness (QED) is 0.147. The molecule has 0 spiro atoms. The number of alkyl halides is 2. The van der Waals surface area contributed by atoms with Crippen molar-refractivity contribution in [2.45, 2.75) is 51.2 Å². The van der Waals surface area contributed by atoms with E-state index in [1.165, 1.54) is 0 Å². The lowest BCUT2D eigenvalue weighted by Gasteiger charge is -2.56. The van der Waals surface area contributed by atoms with Crippen LogP contribution < -0.4 is 0 Å². The largest absolute Gasteiger partial charge is 0.274 e. The van der Waals surface area contributed by atoms with Crippen LogP contribution in [0, 0.1) is 17.8 Å². The van der Waals surface area contributed by atoms with E-state index >= 15 is 0 Å². The van der Waals surface area contributed by atoms with Crippen molar-refractivity contribution in [1.82, 2.24) is 0 Å². The molecule has 29 heavy (non-hydrogen) atoms. The first-order chi connectivity index (χ1) is 13.4. The third-order valence-corrected chi connectivity index (χ3v) is 16.8. The van der Waals surface area contributed by atoms with Crippen LogP contribution >= 0.6 is 103 Å². The summed E-state index contributed by atoms with van der Waals surface area (Å²) in [5, 5.41) is 0.232. The molecule has 1 aromatic carbocycles. The maximum absolute atomic E-state index is 13.6. The van der Waals surface area contributed by atoms with Gasteiger partial charge in [-0.3, -0.25) is 0 Å². The van der Waals surface area contributed by atoms with Gasteiger partial charge in [-0.25, -0.2) is 8.42 Å². The van der Waals surface area contributed by atoms with Crippen LogP contribution in [0.5, 0.6) is 0 Å². The molecule has 0 heterocycles. The van der Waals surface area contributed by atoms with Gasteiger partial charge in [-0.1, -0.05) is 92.0 Å². The summed E-state index contributed by atoms with van der Waals surface area (Å²) < 4.78 is 24.4. The van der Waals surface area contributed by atoms with Crippen molar-refractivity contribution < 1.29 is 8.42 Å². The minimum absolute atomic E-state index is 0.0295. The molecule has 0 atom stereocenters. The summed E-state index contributed by atoms with van der Waals surface area (Å²) in [7, 11) is -2.19. The summed E-state index contributed by atoms with van der Waals surface area (Å²) in [5.41, 5.74) is 0. The van der Waals surface area contributed by atoms with Gasteiger partial charge in [0.2, 0.25) is 9.84 Å². The van der Waals surface area contributed by atoms with Gasteiger partial charge in [0.15, 0.2) is 0 Å². The molecule has 0 amide bonds. The average Bonchev–Trinajstić information content (AvgIpc) is 2.63. The predicted molar refractivity (Wildman–Crippen MR) is 129 cm³/mol. The van der Waals surface area contributed by atoms with Gasteiger partial charge >= 0.3 is 0 Å². The van der Waals surface area contributed by atoms with Crippen molar-refractivity contribution in [3.8, 4) is 0 Å². The number of halogens is 7. The van der Waals surface area contributed by atoms with Gasteiger partial charge in [-0.2, -0.15) is 0 Å². The number of hydrogen-bond donors (Lipinski definition) is 0. The summed E-state index contributed by atoms with van der Waals surface area (Å²) in [6.07, 6.45) is 5.24. The molecule has 1 aromatic rings. The van der Waals surface area contributed by atoms with Crippen LogP contribution in [0.4, 0.5) is 0 Å². The molecule has 2 nitrogen and oxygen atoms in total. The maximum Gasteiger partial charge on any atom is 0.274 e. The second kappa shape index (κ2) is 8.29. The highest BCUT2D eigenvalue weighted by Crippen LogP contribution is 2.64. The fourth-order valence-corrected chi connectivity index (χ4v) is 14.2. The number of rotatable bonds is 5. The van der Waals surface area contributed by atoms with E-state index in [4.69, 9.17) is 81.2 Å². The van der Waals surface area contributed by atoms with Crippen molar-refractivity contribution in [1.29, 1.82) is 0 Å². The van der Waals surface area contributed by atoms with E-state index in [1.54, 1.807) is 0 Å². The number of sulfone groups is 1. The zero-order valence-electron chi connectivity index (χ0n) is 14.7. The minimum atomic E-state index is -3.89. The topological polar surface area (TPSA) is 34.1 Å². The summed E-state index contributed by atoms with van der Waals surface area (Å²) in [6.45, 7) is 0. The van der Waals surface area contributed by atoms with Crippen molar-refractivity contribution in [2.24, 2.45) is 17.8 Å². The first-order valence-electron chi connectivity index (χ1n) is 8.87. The molecule has 4 aliphatic carbocycles. The molecular formula is C17H15Cl7O2S3. The Morgan fingerprint density at radius 1 is 0.759 bits per heavy atom. The van der Waals surface area contributed by atoms with Crippen LogP contribution in [-0.2, 0) is 9.84 Å². The Kier molecular flexibility index (Phi) is 6.87. The lowest BCUT2D eigenvalue weighted by molar-refractivity contribution is 0.0339. The highest BCUT2D eigenvalue weighted by atomic mass is 35.5. The van der Waals surface area contributed by atoms with Crippen LogP contribution in [0.2, 0.25) is 25.1 Å². The van der Waals surface area contributed by atoms with Gasteiger partial charge in [0.1, 0.15) is 0 Å². The number of hydrogen-bond acceptors (Lipinski definition) is 4. The Balaban J connectivity index is 1.61. The highest BCUT2D eigenvalue weighted by Gasteiger charge is 2.63. The molecule has 4 saturated carbocycles. The summed E-state index contributed by atoms with van der Waals surface area (Å²) in [5.74, 6) is 1.32. The maximum atomic E-state index is 13.6. The summed E-state index contributed by atoms with van der Waals surface area (Å²) in [4.78, 5) is 0.268. The third-order valence-electron chi connectivity index (χ3n) is 6.26. The van der Waals surface area contributed by atoms with Gasteiger partial charge in [0, 0.05) is 0 Å². The standard InChI is InChI=1S/C17H15Cl7O2S3/c18-10-11(19)13(21)15(14(22)12(10)20)27-28-17(23,24)29(25,26)16-4-7-1-8(5-16)3-9(2-7)6-16/h7-9H,1-6H2. The van der Waals surface area contributed by atoms with E-state index in [-0.39, 0.29) is 30.0 Å². The summed E-state index contributed by atoms with van der Waals surface area (Å²) >= 11 is 43.6. The molecule has 0 unspecified atom stereocenters. The fourth-order valence-electron chi connectivity index (χ4n) is 5.41. The van der Waals surface area contributed by atoms with Crippen molar-refractivity contribution in [2.75, 3.05) is 0 Å². The minimum Gasteiger partial charge on any atom is -0.224 e. The second-order valence-electron chi connectivity index (χ2n) is 8.13. The van der Waals surface area contributed by atoms with E-state index in [9.17, 15) is 8.42 Å². The lowest BCUT2D eigenvalue weighted by atomic mass is 9.56. The SMILES string of the molecule is O=S(=O)(C12CC3CC(CC(C3)C1)C2)C(Cl)(Cl)SSc1c(Cl)c(Cl)c(Cl)c(Cl)c1Cl. The van der Waals surface area contributed by atoms with Crippen molar-refractivity contribution >= 4 is 113 Å². The van der Waals surface area contributed by atoms with E-state index in [0.29, 0.717) is 37.0 Å². The molecule has 4 bridgehead atoms. The van der Waals surface area contributed by atoms with Crippen LogP contribution in [0.25, 0.3) is 0 Å². The van der Waals surface area contributed by atoms with Crippen molar-refractivity contribution in [3.63, 3.8) is 0 Å². The Morgan fingerprint density at radius 2 is 1.14 bits per heavy atom. The van der Waals surface area contributed by atoms with Crippen LogP contribution in [-0.4, -0.2) is 16.2 Å². The molecule has 0 N–H and O–H groups in total. The van der Waals surface area contributed by atoms with Gasteiger partial charge < -0.3 is 0 Å². The van der Waals surface area contributed by atoms with E-state index in [0.717, 1.165) is 40.9 Å². The summed E-state index contributed by atoms with van der Waals surface area (Å²) in [6, 6.07) is 0.